The van der Waals surface area contributed by atoms with E-state index < -0.39 is 11.6 Å². The molecule has 50 heavy (non-hydrogen) atoms. The van der Waals surface area contributed by atoms with Gasteiger partial charge in [0.2, 0.25) is 5.91 Å². The second kappa shape index (κ2) is 12.4. The Labute approximate surface area is 297 Å². The number of nitriles is 1. The fraction of sp³-hybridized carbons (Fsp3) is 0.500. The van der Waals surface area contributed by atoms with Crippen molar-refractivity contribution >= 4 is 60.7 Å². The van der Waals surface area contributed by atoms with Crippen LogP contribution >= 0.6 is 22.9 Å². The van der Waals surface area contributed by atoms with E-state index in [4.69, 9.17) is 36.8 Å². The van der Waals surface area contributed by atoms with E-state index in [9.17, 15) is 10.1 Å². The van der Waals surface area contributed by atoms with Crippen molar-refractivity contribution in [3.63, 3.8) is 0 Å². The molecule has 0 bridgehead atoms. The zero-order valence-electron chi connectivity index (χ0n) is 28.2. The molecule has 3 saturated heterocycles. The number of ether oxygens (including phenoxy) is 2. The number of fused-ring (bicyclic) bond motifs is 4. The first-order valence-corrected chi connectivity index (χ1v) is 18.3. The number of rotatable bonds is 5. The summed E-state index contributed by atoms with van der Waals surface area (Å²) in [5, 5.41) is 10.5. The van der Waals surface area contributed by atoms with Crippen molar-refractivity contribution in [1.82, 2.24) is 19.8 Å². The summed E-state index contributed by atoms with van der Waals surface area (Å²) in [5.41, 5.74) is 6.10. The molecule has 14 heteroatoms. The van der Waals surface area contributed by atoms with Gasteiger partial charge in [-0.15, -0.1) is 11.3 Å². The fourth-order valence-corrected chi connectivity index (χ4v) is 10.1. The van der Waals surface area contributed by atoms with Crippen LogP contribution in [0.15, 0.2) is 12.1 Å². The van der Waals surface area contributed by atoms with Crippen LogP contribution in [0.4, 0.5) is 19.6 Å². The fourth-order valence-electron chi connectivity index (χ4n) is 8.86. The number of halogens is 3. The summed E-state index contributed by atoms with van der Waals surface area (Å²) in [6.07, 6.45) is 5.12. The molecule has 0 radical (unpaired) electrons. The lowest BCUT2D eigenvalue weighted by molar-refractivity contribution is -0.133. The van der Waals surface area contributed by atoms with Crippen molar-refractivity contribution in [2.45, 2.75) is 57.0 Å². The van der Waals surface area contributed by atoms with Crippen LogP contribution in [-0.2, 0) is 4.79 Å². The third-order valence-electron chi connectivity index (χ3n) is 11.1. The molecule has 2 N–H and O–H groups in total. The Hall–Kier alpha value is -3.99. The molecule has 1 amide bonds. The Kier molecular flexibility index (Phi) is 8.19. The van der Waals surface area contributed by atoms with Crippen molar-refractivity contribution in [2.75, 3.05) is 57.6 Å². The molecule has 6 heterocycles. The number of nitrogens with two attached hydrogens (primary N) is 1. The monoisotopic (exact) mass is 721 g/mol. The van der Waals surface area contributed by atoms with Gasteiger partial charge in [0.15, 0.2) is 11.6 Å². The molecule has 4 atom stereocenters. The Morgan fingerprint density at radius 1 is 1.24 bits per heavy atom. The van der Waals surface area contributed by atoms with Crippen molar-refractivity contribution in [3.05, 3.63) is 34.4 Å². The molecular weight excluding hydrogens is 684 g/mol. The molecule has 8 rings (SSSR count). The number of thiophene rings is 1. The summed E-state index contributed by atoms with van der Waals surface area (Å²) >= 11 is 8.04. The van der Waals surface area contributed by atoms with Gasteiger partial charge in [0.25, 0.3) is 0 Å². The molecule has 4 aliphatic heterocycles. The lowest BCUT2D eigenvalue weighted by Crippen LogP contribution is -2.49. The lowest BCUT2D eigenvalue weighted by atomic mass is 9.89. The third-order valence-corrected chi connectivity index (χ3v) is 12.5. The van der Waals surface area contributed by atoms with E-state index in [2.05, 4.69) is 22.8 Å². The topological polar surface area (TPSA) is 121 Å². The second-order valence-electron chi connectivity index (χ2n) is 14.5. The minimum absolute atomic E-state index is 0.0164. The third kappa shape index (κ3) is 5.13. The summed E-state index contributed by atoms with van der Waals surface area (Å²) in [7, 11) is 3.49. The maximum Gasteiger partial charge on any atom is 0.319 e. The minimum atomic E-state index is -0.780. The summed E-state index contributed by atoms with van der Waals surface area (Å²) in [5.74, 6) is -0.515. The van der Waals surface area contributed by atoms with E-state index in [0.29, 0.717) is 37.7 Å². The van der Waals surface area contributed by atoms with Crippen LogP contribution in [0.3, 0.4) is 0 Å². The van der Waals surface area contributed by atoms with Gasteiger partial charge in [0.05, 0.1) is 38.7 Å². The Morgan fingerprint density at radius 2 is 2.06 bits per heavy atom. The first kappa shape index (κ1) is 33.2. The van der Waals surface area contributed by atoms with Crippen molar-refractivity contribution < 1.29 is 23.0 Å². The van der Waals surface area contributed by atoms with Crippen LogP contribution < -0.4 is 20.1 Å². The van der Waals surface area contributed by atoms with Gasteiger partial charge >= 0.3 is 6.01 Å². The van der Waals surface area contributed by atoms with E-state index in [0.717, 1.165) is 50.1 Å². The second-order valence-corrected chi connectivity index (χ2v) is 15.9. The predicted molar refractivity (Wildman–Crippen MR) is 190 cm³/mol. The Morgan fingerprint density at radius 3 is 2.84 bits per heavy atom. The summed E-state index contributed by atoms with van der Waals surface area (Å²) in [4.78, 5) is 29.1. The Bertz CT molecular complexity index is 2100. The first-order chi connectivity index (χ1) is 24.0. The van der Waals surface area contributed by atoms with Gasteiger partial charge in [-0.25, -0.2) is 8.78 Å². The van der Waals surface area contributed by atoms with Crippen molar-refractivity contribution in [2.24, 2.45) is 11.8 Å². The molecule has 4 aliphatic rings. The molecule has 0 saturated carbocycles. The zero-order chi connectivity index (χ0) is 35.1. The number of carbonyl (C=O) groups excluding carboxylic acids is 1. The SMILES string of the molecule is C[C@H]1CN2CCC[C@@]2(COc2nc3c4c(c(Cl)c(-c5ccc(F)c6sc(N)c(C#N)c56)c(F)c4n2)OCCC2CCC(C(=O)N(C)C)CN32)C1. The molecule has 0 spiro atoms. The van der Waals surface area contributed by atoms with E-state index in [1.807, 2.05) is 0 Å². The number of hydrogen-bond acceptors (Lipinski definition) is 10. The van der Waals surface area contributed by atoms with Crippen LogP contribution in [0, 0.1) is 34.8 Å². The molecule has 2 unspecified atom stereocenters. The van der Waals surface area contributed by atoms with E-state index >= 15 is 8.78 Å². The number of nitrogen functional groups attached to an aromatic ring is 1. The number of nitrogens with zero attached hydrogens (tertiary/aromatic N) is 6. The average molecular weight is 722 g/mol. The van der Waals surface area contributed by atoms with Crippen LogP contribution in [0.25, 0.3) is 32.1 Å². The summed E-state index contributed by atoms with van der Waals surface area (Å²) in [6, 6.07) is 4.68. The average Bonchev–Trinajstić information content (AvgIpc) is 3.74. The van der Waals surface area contributed by atoms with Crippen LogP contribution in [0.2, 0.25) is 5.02 Å². The van der Waals surface area contributed by atoms with Crippen LogP contribution in [0.1, 0.15) is 51.0 Å². The molecule has 0 aliphatic carbocycles. The van der Waals surface area contributed by atoms with Gasteiger partial charge in [0, 0.05) is 50.6 Å². The van der Waals surface area contributed by atoms with Gasteiger partial charge in [0.1, 0.15) is 34.8 Å². The zero-order valence-corrected chi connectivity index (χ0v) is 29.8. The number of piperidine rings is 1. The molecule has 10 nitrogen and oxygen atoms in total. The highest BCUT2D eigenvalue weighted by atomic mass is 35.5. The maximum absolute atomic E-state index is 17.4. The van der Waals surface area contributed by atoms with Gasteiger partial charge in [-0.3, -0.25) is 9.69 Å². The smallest absolute Gasteiger partial charge is 0.319 e. The van der Waals surface area contributed by atoms with Gasteiger partial charge < -0.3 is 25.0 Å². The summed E-state index contributed by atoms with van der Waals surface area (Å²) < 4.78 is 45.4. The lowest BCUT2D eigenvalue weighted by Gasteiger charge is -2.42. The maximum atomic E-state index is 17.4. The van der Waals surface area contributed by atoms with Crippen molar-refractivity contribution in [3.8, 4) is 29.0 Å². The molecule has 2 aromatic carbocycles. The minimum Gasteiger partial charge on any atom is -0.491 e. The number of hydrogen-bond donors (Lipinski definition) is 1. The van der Waals surface area contributed by atoms with E-state index in [1.54, 1.807) is 19.0 Å². The summed E-state index contributed by atoms with van der Waals surface area (Å²) in [6.45, 7) is 5.27. The van der Waals surface area contributed by atoms with Crippen molar-refractivity contribution in [1.29, 1.82) is 5.26 Å². The van der Waals surface area contributed by atoms with Gasteiger partial charge in [-0.05, 0) is 56.2 Å². The molecule has 4 aromatic rings. The normalized spacial score (nSPS) is 24.7. The van der Waals surface area contributed by atoms with E-state index in [1.165, 1.54) is 12.1 Å². The standard InChI is InChI=1S/C36H38ClF2N7O3S/c1-18-13-36(10-4-11-45(36)15-18)17-49-35-42-29-26-30(48-12-9-20-6-5-19(34(47)44(2)3)16-46(20)33(26)43-35)27(37)25(28(29)39)21-7-8-23(38)31-24(21)22(14-40)32(41)50-31/h7-8,18-20H,4-6,9-13,15-17,41H2,1-3H3/t18-,19?,20?,36+/m1/s1. The molecule has 262 valence electrons. The predicted octanol–water partition coefficient (Wildman–Crippen LogP) is 6.61. The molecular formula is C36H38ClF2N7O3S. The molecule has 3 fully saturated rings. The van der Waals surface area contributed by atoms with E-state index in [-0.39, 0.29) is 89.5 Å². The van der Waals surface area contributed by atoms with Crippen LogP contribution in [-0.4, -0.2) is 84.2 Å². The highest BCUT2D eigenvalue weighted by molar-refractivity contribution is 7.23. The number of benzene rings is 2. The largest absolute Gasteiger partial charge is 0.491 e. The molecule has 2 aromatic heterocycles. The first-order valence-electron chi connectivity index (χ1n) is 17.1. The van der Waals surface area contributed by atoms with Crippen LogP contribution in [0.5, 0.6) is 11.8 Å². The highest BCUT2D eigenvalue weighted by Gasteiger charge is 2.48. The highest BCUT2D eigenvalue weighted by Crippen LogP contribution is 2.51. The van der Waals surface area contributed by atoms with Gasteiger partial charge in [-0.2, -0.15) is 15.2 Å². The Balaban J connectivity index is 1.35. The number of amides is 1. The quantitative estimate of drug-likeness (QED) is 0.243. The number of carbonyl (C=O) groups is 1. The number of anilines is 2. The number of aromatic nitrogens is 2. The van der Waals surface area contributed by atoms with Gasteiger partial charge in [-0.1, -0.05) is 24.6 Å².